The third-order valence-electron chi connectivity index (χ3n) is 2.52. The Hall–Kier alpha value is -1.07. The van der Waals surface area contributed by atoms with Gasteiger partial charge in [0.25, 0.3) is 5.91 Å². The van der Waals surface area contributed by atoms with Crippen LogP contribution in [0.25, 0.3) is 0 Å². The lowest BCUT2D eigenvalue weighted by atomic mass is 10.1. The first-order chi connectivity index (χ1) is 9.08. The fraction of sp³-hybridized carbons (Fsp3) is 0.385. The summed E-state index contributed by atoms with van der Waals surface area (Å²) >= 11 is 9.31. The highest BCUT2D eigenvalue weighted by atomic mass is 79.9. The second-order valence-electron chi connectivity index (χ2n) is 3.97. The van der Waals surface area contributed by atoms with Crippen LogP contribution >= 0.6 is 27.5 Å². The molecule has 4 nitrogen and oxygen atoms in total. The van der Waals surface area contributed by atoms with Crippen molar-refractivity contribution in [2.75, 3.05) is 17.7 Å². The molecule has 2 N–H and O–H groups in total. The number of hydrogen-bond acceptors (Lipinski definition) is 2. The van der Waals surface area contributed by atoms with Gasteiger partial charge in [0.1, 0.15) is 0 Å². The van der Waals surface area contributed by atoms with Crippen LogP contribution in [0.2, 0.25) is 5.02 Å². The Morgan fingerprint density at radius 2 is 2.05 bits per heavy atom. The van der Waals surface area contributed by atoms with Crippen LogP contribution < -0.4 is 10.6 Å². The summed E-state index contributed by atoms with van der Waals surface area (Å²) in [5.74, 6) is -0.316. The summed E-state index contributed by atoms with van der Waals surface area (Å²) in [7, 11) is 1.55. The summed E-state index contributed by atoms with van der Waals surface area (Å²) in [5, 5.41) is 6.55. The maximum Gasteiger partial charge on any atom is 0.251 e. The highest BCUT2D eigenvalue weighted by Gasteiger charge is 2.09. The van der Waals surface area contributed by atoms with E-state index in [9.17, 15) is 9.59 Å². The predicted octanol–water partition coefficient (Wildman–Crippen LogP) is 3.20. The van der Waals surface area contributed by atoms with Gasteiger partial charge in [-0.2, -0.15) is 0 Å². The molecular formula is C13H16BrClN2O2. The van der Waals surface area contributed by atoms with E-state index in [4.69, 9.17) is 11.6 Å². The van der Waals surface area contributed by atoms with Crippen molar-refractivity contribution in [3.8, 4) is 0 Å². The highest BCUT2D eigenvalue weighted by Crippen LogP contribution is 2.23. The van der Waals surface area contributed by atoms with Crippen LogP contribution in [0.4, 0.5) is 5.69 Å². The molecule has 1 aromatic carbocycles. The third kappa shape index (κ3) is 5.20. The Bertz CT molecular complexity index is 466. The van der Waals surface area contributed by atoms with E-state index in [0.717, 1.165) is 18.2 Å². The molecule has 0 aliphatic rings. The molecule has 0 saturated carbocycles. The lowest BCUT2D eigenvalue weighted by Crippen LogP contribution is -2.18. The number of amides is 2. The van der Waals surface area contributed by atoms with Crippen molar-refractivity contribution in [1.82, 2.24) is 5.32 Å². The van der Waals surface area contributed by atoms with Crippen LogP contribution in [-0.2, 0) is 4.79 Å². The average Bonchev–Trinajstić information content (AvgIpc) is 2.40. The minimum atomic E-state index is -0.216. The topological polar surface area (TPSA) is 58.2 Å². The molecule has 104 valence electrons. The van der Waals surface area contributed by atoms with Gasteiger partial charge in [0.2, 0.25) is 5.91 Å². The number of halogens is 2. The zero-order chi connectivity index (χ0) is 14.3. The molecule has 0 fully saturated rings. The molecule has 2 amide bonds. The summed E-state index contributed by atoms with van der Waals surface area (Å²) < 4.78 is 0. The summed E-state index contributed by atoms with van der Waals surface area (Å²) in [4.78, 5) is 23.2. The fourth-order valence-electron chi connectivity index (χ4n) is 1.50. The molecule has 1 rings (SSSR count). The minimum Gasteiger partial charge on any atom is -0.355 e. The number of anilines is 1. The van der Waals surface area contributed by atoms with E-state index in [1.165, 1.54) is 0 Å². The summed E-state index contributed by atoms with van der Waals surface area (Å²) in [6.07, 6.45) is 2.19. The maximum absolute atomic E-state index is 11.7. The Morgan fingerprint density at radius 3 is 2.68 bits per heavy atom. The van der Waals surface area contributed by atoms with Crippen molar-refractivity contribution in [1.29, 1.82) is 0 Å². The monoisotopic (exact) mass is 346 g/mol. The number of nitrogens with one attached hydrogen (secondary N) is 2. The molecule has 0 spiro atoms. The lowest BCUT2D eigenvalue weighted by molar-refractivity contribution is -0.116. The normalized spacial score (nSPS) is 10.1. The third-order valence-corrected chi connectivity index (χ3v) is 3.41. The number of unbranched alkanes of at least 4 members (excludes halogenated alkanes) is 1. The average molecular weight is 348 g/mol. The van der Waals surface area contributed by atoms with Crippen molar-refractivity contribution in [3.05, 3.63) is 28.8 Å². The standard InChI is InChI=1S/C13H16BrClN2O2/c1-16-13(19)9-5-6-10(15)11(8-9)17-12(18)4-2-3-7-14/h5-6,8H,2-4,7H2,1H3,(H,16,19)(H,17,18). The quantitative estimate of drug-likeness (QED) is 0.613. The highest BCUT2D eigenvalue weighted by molar-refractivity contribution is 9.09. The van der Waals surface area contributed by atoms with Gasteiger partial charge in [0, 0.05) is 24.4 Å². The number of rotatable bonds is 6. The van der Waals surface area contributed by atoms with E-state index in [-0.39, 0.29) is 11.8 Å². The van der Waals surface area contributed by atoms with Gasteiger partial charge in [-0.05, 0) is 31.0 Å². The largest absolute Gasteiger partial charge is 0.355 e. The first kappa shape index (κ1) is 16.0. The van der Waals surface area contributed by atoms with Crippen molar-refractivity contribution in [2.24, 2.45) is 0 Å². The molecule has 0 aliphatic heterocycles. The van der Waals surface area contributed by atoms with Crippen LogP contribution in [0.15, 0.2) is 18.2 Å². The van der Waals surface area contributed by atoms with Crippen LogP contribution in [-0.4, -0.2) is 24.2 Å². The van der Waals surface area contributed by atoms with E-state index in [1.54, 1.807) is 25.2 Å². The van der Waals surface area contributed by atoms with Gasteiger partial charge in [-0.15, -0.1) is 0 Å². The Morgan fingerprint density at radius 1 is 1.32 bits per heavy atom. The van der Waals surface area contributed by atoms with Crippen LogP contribution in [0, 0.1) is 0 Å². The van der Waals surface area contributed by atoms with Crippen molar-refractivity contribution >= 4 is 45.0 Å². The van der Waals surface area contributed by atoms with Gasteiger partial charge < -0.3 is 10.6 Å². The number of carbonyl (C=O) groups excluding carboxylic acids is 2. The van der Waals surface area contributed by atoms with Gasteiger partial charge >= 0.3 is 0 Å². The molecule has 0 unspecified atom stereocenters. The SMILES string of the molecule is CNC(=O)c1ccc(Cl)c(NC(=O)CCCCBr)c1. The molecule has 0 radical (unpaired) electrons. The molecule has 0 saturated heterocycles. The van der Waals surface area contributed by atoms with Crippen LogP contribution in [0.1, 0.15) is 29.6 Å². The van der Waals surface area contributed by atoms with Gasteiger partial charge in [-0.3, -0.25) is 9.59 Å². The molecule has 0 heterocycles. The van der Waals surface area contributed by atoms with E-state index < -0.39 is 0 Å². The molecule has 0 bridgehead atoms. The van der Waals surface area contributed by atoms with E-state index in [0.29, 0.717) is 22.7 Å². The molecule has 0 aromatic heterocycles. The van der Waals surface area contributed by atoms with Gasteiger partial charge in [0.05, 0.1) is 10.7 Å². The summed E-state index contributed by atoms with van der Waals surface area (Å²) in [6, 6.07) is 4.78. The number of alkyl halides is 1. The van der Waals surface area contributed by atoms with Gasteiger partial charge in [0.15, 0.2) is 0 Å². The number of benzene rings is 1. The zero-order valence-electron chi connectivity index (χ0n) is 10.6. The second-order valence-corrected chi connectivity index (χ2v) is 5.17. The second kappa shape index (κ2) is 8.17. The molecule has 6 heteroatoms. The molecular weight excluding hydrogens is 332 g/mol. The Kier molecular flexibility index (Phi) is 6.87. The number of carbonyl (C=O) groups is 2. The van der Waals surface area contributed by atoms with Crippen LogP contribution in [0.3, 0.4) is 0 Å². The van der Waals surface area contributed by atoms with E-state index in [1.807, 2.05) is 0 Å². The Labute approximate surface area is 126 Å². The van der Waals surface area contributed by atoms with E-state index >= 15 is 0 Å². The van der Waals surface area contributed by atoms with Crippen LogP contribution in [0.5, 0.6) is 0 Å². The molecule has 1 aromatic rings. The fourth-order valence-corrected chi connectivity index (χ4v) is 2.06. The lowest BCUT2D eigenvalue weighted by Gasteiger charge is -2.09. The first-order valence-corrected chi connectivity index (χ1v) is 7.46. The zero-order valence-corrected chi connectivity index (χ0v) is 13.0. The first-order valence-electron chi connectivity index (χ1n) is 5.96. The maximum atomic E-state index is 11.7. The molecule has 0 atom stereocenters. The minimum absolute atomic E-state index is 0.100. The van der Waals surface area contributed by atoms with Gasteiger partial charge in [-0.25, -0.2) is 0 Å². The predicted molar refractivity (Wildman–Crippen MR) is 81.1 cm³/mol. The summed E-state index contributed by atoms with van der Waals surface area (Å²) in [6.45, 7) is 0. The molecule has 19 heavy (non-hydrogen) atoms. The van der Waals surface area contributed by atoms with Crippen molar-refractivity contribution in [2.45, 2.75) is 19.3 Å². The van der Waals surface area contributed by atoms with Gasteiger partial charge in [-0.1, -0.05) is 27.5 Å². The molecule has 0 aliphatic carbocycles. The van der Waals surface area contributed by atoms with Crippen molar-refractivity contribution < 1.29 is 9.59 Å². The van der Waals surface area contributed by atoms with Crippen molar-refractivity contribution in [3.63, 3.8) is 0 Å². The number of hydrogen-bond donors (Lipinski definition) is 2. The summed E-state index contributed by atoms with van der Waals surface area (Å²) in [5.41, 5.74) is 0.925. The smallest absolute Gasteiger partial charge is 0.251 e. The van der Waals surface area contributed by atoms with E-state index in [2.05, 4.69) is 26.6 Å². The Balaban J connectivity index is 2.71.